The Hall–Kier alpha value is -1.49. The molecule has 2 aromatic heterocycles. The van der Waals surface area contributed by atoms with Crippen LogP contribution in [0, 0.1) is 6.92 Å². The Morgan fingerprint density at radius 3 is 3.13 bits per heavy atom. The quantitative estimate of drug-likeness (QED) is 0.797. The molecule has 1 saturated carbocycles. The van der Waals surface area contributed by atoms with Crippen molar-refractivity contribution >= 4 is 5.65 Å². The minimum absolute atomic E-state index is 0.691. The number of aromatic nitrogens is 4. The first-order valence-corrected chi connectivity index (χ1v) is 5.22. The van der Waals surface area contributed by atoms with E-state index >= 15 is 0 Å². The van der Waals surface area contributed by atoms with Crippen LogP contribution in [0.5, 0.6) is 0 Å². The van der Waals surface area contributed by atoms with Crippen molar-refractivity contribution in [2.24, 2.45) is 0 Å². The molecule has 1 fully saturated rings. The molecule has 0 aliphatic heterocycles. The second-order valence-electron chi connectivity index (χ2n) is 4.03. The second-order valence-corrected chi connectivity index (χ2v) is 4.03. The summed E-state index contributed by atoms with van der Waals surface area (Å²) in [5, 5.41) is 11.7. The number of nitrogens with zero attached hydrogens (tertiary/aromatic N) is 4. The number of rotatable bonds is 3. The van der Waals surface area contributed by atoms with Crippen molar-refractivity contribution in [3.05, 3.63) is 23.9 Å². The van der Waals surface area contributed by atoms with E-state index in [9.17, 15) is 0 Å². The Morgan fingerprint density at radius 1 is 1.47 bits per heavy atom. The summed E-state index contributed by atoms with van der Waals surface area (Å²) in [6.45, 7) is 2.73. The Kier molecular flexibility index (Phi) is 1.92. The summed E-state index contributed by atoms with van der Waals surface area (Å²) in [4.78, 5) is 4.24. The van der Waals surface area contributed by atoms with E-state index in [2.05, 4.69) is 20.5 Å². The van der Waals surface area contributed by atoms with Gasteiger partial charge < -0.3 is 5.32 Å². The molecule has 0 saturated heterocycles. The van der Waals surface area contributed by atoms with E-state index in [4.69, 9.17) is 0 Å². The molecule has 0 spiro atoms. The van der Waals surface area contributed by atoms with Gasteiger partial charge >= 0.3 is 0 Å². The first-order chi connectivity index (χ1) is 7.33. The van der Waals surface area contributed by atoms with Gasteiger partial charge in [0.1, 0.15) is 6.33 Å². The van der Waals surface area contributed by atoms with Gasteiger partial charge in [-0.1, -0.05) is 0 Å². The van der Waals surface area contributed by atoms with Gasteiger partial charge in [-0.05, 0) is 19.8 Å². The summed E-state index contributed by atoms with van der Waals surface area (Å²) in [7, 11) is 0. The van der Waals surface area contributed by atoms with Crippen molar-refractivity contribution in [2.45, 2.75) is 32.4 Å². The lowest BCUT2D eigenvalue weighted by molar-refractivity contribution is 0.650. The van der Waals surface area contributed by atoms with Crippen LogP contribution in [0.1, 0.15) is 24.4 Å². The molecule has 5 heteroatoms. The van der Waals surface area contributed by atoms with Gasteiger partial charge in [0.05, 0.1) is 6.54 Å². The molecule has 15 heavy (non-hydrogen) atoms. The van der Waals surface area contributed by atoms with Gasteiger partial charge in [0.25, 0.3) is 0 Å². The zero-order valence-corrected chi connectivity index (χ0v) is 8.64. The first-order valence-electron chi connectivity index (χ1n) is 5.22. The Bertz CT molecular complexity index is 486. The van der Waals surface area contributed by atoms with Gasteiger partial charge in [0.15, 0.2) is 11.5 Å². The van der Waals surface area contributed by atoms with Crippen LogP contribution < -0.4 is 5.32 Å². The van der Waals surface area contributed by atoms with Crippen LogP contribution >= 0.6 is 0 Å². The molecule has 3 rings (SSSR count). The van der Waals surface area contributed by atoms with E-state index in [-0.39, 0.29) is 0 Å². The average molecular weight is 203 g/mol. The van der Waals surface area contributed by atoms with E-state index in [1.165, 1.54) is 12.8 Å². The Balaban J connectivity index is 1.89. The van der Waals surface area contributed by atoms with Crippen molar-refractivity contribution in [1.82, 2.24) is 24.9 Å². The van der Waals surface area contributed by atoms with Gasteiger partial charge in [-0.25, -0.2) is 4.98 Å². The molecule has 0 radical (unpaired) electrons. The molecule has 1 aliphatic carbocycles. The van der Waals surface area contributed by atoms with Gasteiger partial charge in [-0.15, -0.1) is 10.2 Å². The largest absolute Gasteiger partial charge is 0.307 e. The van der Waals surface area contributed by atoms with Crippen LogP contribution in [0.15, 0.2) is 12.4 Å². The fraction of sp³-hybridized carbons (Fsp3) is 0.500. The molecule has 0 aromatic carbocycles. The topological polar surface area (TPSA) is 55.1 Å². The fourth-order valence-electron chi connectivity index (χ4n) is 1.58. The highest BCUT2D eigenvalue weighted by molar-refractivity contribution is 5.37. The van der Waals surface area contributed by atoms with Gasteiger partial charge in [-0.3, -0.25) is 4.40 Å². The molecule has 1 N–H and O–H groups in total. The molecule has 78 valence electrons. The van der Waals surface area contributed by atoms with Crippen molar-refractivity contribution in [1.29, 1.82) is 0 Å². The maximum atomic E-state index is 4.24. The van der Waals surface area contributed by atoms with E-state index < -0.39 is 0 Å². The van der Waals surface area contributed by atoms with Gasteiger partial charge in [0, 0.05) is 17.8 Å². The molecule has 0 unspecified atom stereocenters. The van der Waals surface area contributed by atoms with Crippen LogP contribution in [0.2, 0.25) is 0 Å². The third-order valence-electron chi connectivity index (χ3n) is 2.63. The molecular formula is C10H13N5. The van der Waals surface area contributed by atoms with Crippen molar-refractivity contribution in [3.63, 3.8) is 0 Å². The summed E-state index contributed by atoms with van der Waals surface area (Å²) in [6, 6.07) is 2.63. The highest BCUT2D eigenvalue weighted by Crippen LogP contribution is 2.19. The Morgan fingerprint density at radius 2 is 2.33 bits per heavy atom. The number of hydrogen-bond acceptors (Lipinski definition) is 4. The zero-order valence-electron chi connectivity index (χ0n) is 8.64. The number of aryl methyl sites for hydroxylation is 1. The van der Waals surface area contributed by atoms with Crippen LogP contribution in [-0.4, -0.2) is 25.6 Å². The van der Waals surface area contributed by atoms with Crippen molar-refractivity contribution < 1.29 is 0 Å². The molecule has 0 atom stereocenters. The summed E-state index contributed by atoms with van der Waals surface area (Å²) < 4.78 is 1.93. The Labute approximate surface area is 87.5 Å². The van der Waals surface area contributed by atoms with E-state index in [0.717, 1.165) is 23.7 Å². The minimum atomic E-state index is 0.691. The third-order valence-corrected chi connectivity index (χ3v) is 2.63. The van der Waals surface area contributed by atoms with Crippen molar-refractivity contribution in [3.8, 4) is 0 Å². The highest BCUT2D eigenvalue weighted by Gasteiger charge is 2.20. The SMILES string of the molecule is Cc1cc2nnc(CNC3CC3)n2cn1. The molecular weight excluding hydrogens is 190 g/mol. The van der Waals surface area contributed by atoms with Gasteiger partial charge in [-0.2, -0.15) is 0 Å². The maximum absolute atomic E-state index is 4.24. The molecule has 2 aromatic rings. The molecule has 2 heterocycles. The zero-order chi connectivity index (χ0) is 10.3. The van der Waals surface area contributed by atoms with Crippen LogP contribution in [0.3, 0.4) is 0 Å². The van der Waals surface area contributed by atoms with E-state index in [1.807, 2.05) is 17.4 Å². The summed E-state index contributed by atoms with van der Waals surface area (Å²) >= 11 is 0. The predicted octanol–water partition coefficient (Wildman–Crippen LogP) is 0.685. The molecule has 1 aliphatic rings. The maximum Gasteiger partial charge on any atom is 0.163 e. The summed E-state index contributed by atoms with van der Waals surface area (Å²) in [5.41, 5.74) is 1.84. The average Bonchev–Trinajstić information content (AvgIpc) is 2.97. The van der Waals surface area contributed by atoms with Crippen LogP contribution in [0.4, 0.5) is 0 Å². The summed E-state index contributed by atoms with van der Waals surface area (Å²) in [6.07, 6.45) is 4.36. The lowest BCUT2D eigenvalue weighted by Crippen LogP contribution is -2.17. The monoisotopic (exact) mass is 203 g/mol. The first kappa shape index (κ1) is 8.79. The van der Waals surface area contributed by atoms with E-state index in [1.54, 1.807) is 6.33 Å². The van der Waals surface area contributed by atoms with Crippen LogP contribution in [-0.2, 0) is 6.54 Å². The number of fused-ring (bicyclic) bond motifs is 1. The smallest absolute Gasteiger partial charge is 0.163 e. The molecule has 0 bridgehead atoms. The van der Waals surface area contributed by atoms with Crippen LogP contribution in [0.25, 0.3) is 5.65 Å². The van der Waals surface area contributed by atoms with E-state index in [0.29, 0.717) is 6.04 Å². The lowest BCUT2D eigenvalue weighted by atomic mass is 10.4. The van der Waals surface area contributed by atoms with Crippen molar-refractivity contribution in [2.75, 3.05) is 0 Å². The summed E-state index contributed by atoms with van der Waals surface area (Å²) in [5.74, 6) is 0.935. The fourth-order valence-corrected chi connectivity index (χ4v) is 1.58. The second kappa shape index (κ2) is 3.27. The normalized spacial score (nSPS) is 16.1. The standard InChI is InChI=1S/C10H13N5/c1-7-4-9-13-14-10(15(9)6-12-7)5-11-8-2-3-8/h4,6,8,11H,2-3,5H2,1H3. The molecule has 0 amide bonds. The highest BCUT2D eigenvalue weighted by atomic mass is 15.3. The minimum Gasteiger partial charge on any atom is -0.307 e. The third kappa shape index (κ3) is 1.70. The van der Waals surface area contributed by atoms with Gasteiger partial charge in [0.2, 0.25) is 0 Å². The lowest BCUT2D eigenvalue weighted by Gasteiger charge is -2.00. The number of hydrogen-bond donors (Lipinski definition) is 1. The number of nitrogens with one attached hydrogen (secondary N) is 1. The molecule has 5 nitrogen and oxygen atoms in total. The predicted molar refractivity (Wildman–Crippen MR) is 55.4 cm³/mol.